The minimum atomic E-state index is 0.383. The molecule has 2 aliphatic heterocycles. The standard InChI is InChI=1S/C16H32N2/c1-12(2)15-11-17-9-7-8-14(17)10-18(15)13(3)16(4,5)6/h12-15H,7-11H2,1-6H3. The highest BCUT2D eigenvalue weighted by Gasteiger charge is 2.41. The van der Waals surface area contributed by atoms with Crippen molar-refractivity contribution < 1.29 is 0 Å². The average molecular weight is 252 g/mol. The van der Waals surface area contributed by atoms with E-state index in [1.165, 1.54) is 32.5 Å². The molecule has 0 spiro atoms. The van der Waals surface area contributed by atoms with Gasteiger partial charge in [0.25, 0.3) is 0 Å². The lowest BCUT2D eigenvalue weighted by atomic mass is 9.83. The molecule has 0 radical (unpaired) electrons. The minimum Gasteiger partial charge on any atom is -0.298 e. The summed E-state index contributed by atoms with van der Waals surface area (Å²) in [6.07, 6.45) is 2.82. The highest BCUT2D eigenvalue weighted by atomic mass is 15.3. The lowest BCUT2D eigenvalue weighted by molar-refractivity contribution is -0.0253. The molecule has 2 nitrogen and oxygen atoms in total. The van der Waals surface area contributed by atoms with Crippen LogP contribution in [0.3, 0.4) is 0 Å². The summed E-state index contributed by atoms with van der Waals surface area (Å²) in [6, 6.07) is 2.26. The smallest absolute Gasteiger partial charge is 0.0249 e. The van der Waals surface area contributed by atoms with E-state index in [1.54, 1.807) is 0 Å². The van der Waals surface area contributed by atoms with Crippen LogP contribution in [0.15, 0.2) is 0 Å². The van der Waals surface area contributed by atoms with E-state index in [0.29, 0.717) is 11.5 Å². The Balaban J connectivity index is 2.14. The summed E-state index contributed by atoms with van der Waals surface area (Å²) in [6.45, 7) is 18.3. The van der Waals surface area contributed by atoms with E-state index in [2.05, 4.69) is 51.3 Å². The van der Waals surface area contributed by atoms with Crippen LogP contribution in [0.2, 0.25) is 0 Å². The zero-order valence-corrected chi connectivity index (χ0v) is 13.2. The van der Waals surface area contributed by atoms with Gasteiger partial charge in [-0.25, -0.2) is 0 Å². The fraction of sp³-hybridized carbons (Fsp3) is 1.00. The molecule has 0 aromatic carbocycles. The number of piperazine rings is 1. The van der Waals surface area contributed by atoms with E-state index < -0.39 is 0 Å². The minimum absolute atomic E-state index is 0.383. The molecule has 106 valence electrons. The third kappa shape index (κ3) is 2.75. The molecule has 2 aliphatic rings. The van der Waals surface area contributed by atoms with Crippen LogP contribution in [0.4, 0.5) is 0 Å². The van der Waals surface area contributed by atoms with Gasteiger partial charge in [0.15, 0.2) is 0 Å². The van der Waals surface area contributed by atoms with Gasteiger partial charge in [0.05, 0.1) is 0 Å². The van der Waals surface area contributed by atoms with Gasteiger partial charge in [-0.1, -0.05) is 34.6 Å². The van der Waals surface area contributed by atoms with Crippen LogP contribution < -0.4 is 0 Å². The van der Waals surface area contributed by atoms with Crippen molar-refractivity contribution in [3.8, 4) is 0 Å². The van der Waals surface area contributed by atoms with Crippen molar-refractivity contribution in [2.75, 3.05) is 19.6 Å². The molecule has 0 amide bonds. The summed E-state index contributed by atoms with van der Waals surface area (Å²) in [4.78, 5) is 5.56. The van der Waals surface area contributed by atoms with Crippen LogP contribution in [0, 0.1) is 11.3 Å². The molecular weight excluding hydrogens is 220 g/mol. The maximum Gasteiger partial charge on any atom is 0.0249 e. The van der Waals surface area contributed by atoms with E-state index in [9.17, 15) is 0 Å². The molecule has 2 heterocycles. The molecule has 2 fully saturated rings. The third-order valence-electron chi connectivity index (χ3n) is 5.29. The first kappa shape index (κ1) is 14.3. The molecule has 3 unspecified atom stereocenters. The summed E-state index contributed by atoms with van der Waals surface area (Å²) in [5.41, 5.74) is 0.383. The molecule has 2 heteroatoms. The van der Waals surface area contributed by atoms with Gasteiger partial charge < -0.3 is 0 Å². The lowest BCUT2D eigenvalue weighted by Gasteiger charge is -2.51. The molecule has 18 heavy (non-hydrogen) atoms. The Labute approximate surface area is 114 Å². The van der Waals surface area contributed by atoms with Crippen LogP contribution in [-0.2, 0) is 0 Å². The Morgan fingerprint density at radius 3 is 2.28 bits per heavy atom. The molecule has 3 atom stereocenters. The highest BCUT2D eigenvalue weighted by molar-refractivity contribution is 4.96. The third-order valence-corrected chi connectivity index (χ3v) is 5.29. The molecule has 0 N–H and O–H groups in total. The summed E-state index contributed by atoms with van der Waals surface area (Å²) in [5, 5.41) is 0. The largest absolute Gasteiger partial charge is 0.298 e. The number of hydrogen-bond donors (Lipinski definition) is 0. The molecule has 2 saturated heterocycles. The summed E-state index contributed by atoms with van der Waals surface area (Å²) in [5.74, 6) is 0.761. The van der Waals surface area contributed by atoms with E-state index in [1.807, 2.05) is 0 Å². The van der Waals surface area contributed by atoms with Crippen LogP contribution in [0.25, 0.3) is 0 Å². The van der Waals surface area contributed by atoms with Gasteiger partial charge in [0.1, 0.15) is 0 Å². The van der Waals surface area contributed by atoms with Crippen molar-refractivity contribution in [1.82, 2.24) is 9.80 Å². The maximum atomic E-state index is 2.82. The van der Waals surface area contributed by atoms with Gasteiger partial charge >= 0.3 is 0 Å². The first-order valence-corrected chi connectivity index (χ1v) is 7.80. The normalized spacial score (nSPS) is 32.8. The first-order chi connectivity index (χ1) is 8.30. The monoisotopic (exact) mass is 252 g/mol. The maximum absolute atomic E-state index is 2.82. The van der Waals surface area contributed by atoms with Crippen molar-refractivity contribution in [3.05, 3.63) is 0 Å². The number of nitrogens with zero attached hydrogens (tertiary/aromatic N) is 2. The molecule has 0 aromatic heterocycles. The van der Waals surface area contributed by atoms with Crippen molar-refractivity contribution in [3.63, 3.8) is 0 Å². The van der Waals surface area contributed by atoms with Crippen LogP contribution in [0.5, 0.6) is 0 Å². The van der Waals surface area contributed by atoms with Gasteiger partial charge in [0, 0.05) is 31.2 Å². The summed E-state index contributed by atoms with van der Waals surface area (Å²) >= 11 is 0. The van der Waals surface area contributed by atoms with Crippen molar-refractivity contribution in [2.24, 2.45) is 11.3 Å². The second-order valence-electron chi connectivity index (χ2n) is 7.84. The molecule has 0 aliphatic carbocycles. The topological polar surface area (TPSA) is 6.48 Å². The Bertz CT molecular complexity index is 279. The Morgan fingerprint density at radius 2 is 1.72 bits per heavy atom. The number of hydrogen-bond acceptors (Lipinski definition) is 2. The molecule has 2 rings (SSSR count). The van der Waals surface area contributed by atoms with Gasteiger partial charge in [-0.15, -0.1) is 0 Å². The average Bonchev–Trinajstić information content (AvgIpc) is 2.71. The Hall–Kier alpha value is -0.0800. The molecule has 0 saturated carbocycles. The zero-order valence-electron chi connectivity index (χ0n) is 13.2. The number of fused-ring (bicyclic) bond motifs is 1. The van der Waals surface area contributed by atoms with Crippen LogP contribution in [-0.4, -0.2) is 47.6 Å². The van der Waals surface area contributed by atoms with E-state index in [0.717, 1.165) is 18.0 Å². The Morgan fingerprint density at radius 1 is 1.06 bits per heavy atom. The van der Waals surface area contributed by atoms with Crippen LogP contribution >= 0.6 is 0 Å². The van der Waals surface area contributed by atoms with Crippen molar-refractivity contribution >= 4 is 0 Å². The lowest BCUT2D eigenvalue weighted by Crippen LogP contribution is -2.62. The van der Waals surface area contributed by atoms with E-state index >= 15 is 0 Å². The van der Waals surface area contributed by atoms with Crippen LogP contribution in [0.1, 0.15) is 54.4 Å². The SMILES string of the molecule is CC(C)C1CN2CCCC2CN1C(C)C(C)(C)C. The first-order valence-electron chi connectivity index (χ1n) is 7.80. The quantitative estimate of drug-likeness (QED) is 0.744. The Kier molecular flexibility index (Phi) is 4.08. The van der Waals surface area contributed by atoms with Gasteiger partial charge in [-0.2, -0.15) is 0 Å². The second-order valence-corrected chi connectivity index (χ2v) is 7.84. The van der Waals surface area contributed by atoms with Crippen molar-refractivity contribution in [1.29, 1.82) is 0 Å². The molecule has 0 aromatic rings. The van der Waals surface area contributed by atoms with E-state index in [4.69, 9.17) is 0 Å². The van der Waals surface area contributed by atoms with Gasteiger partial charge in [-0.3, -0.25) is 9.80 Å². The van der Waals surface area contributed by atoms with Gasteiger partial charge in [0.2, 0.25) is 0 Å². The second kappa shape index (κ2) is 5.13. The van der Waals surface area contributed by atoms with Gasteiger partial charge in [-0.05, 0) is 37.6 Å². The summed E-state index contributed by atoms with van der Waals surface area (Å²) in [7, 11) is 0. The van der Waals surface area contributed by atoms with E-state index in [-0.39, 0.29) is 0 Å². The summed E-state index contributed by atoms with van der Waals surface area (Å²) < 4.78 is 0. The predicted molar refractivity (Wildman–Crippen MR) is 78.8 cm³/mol. The highest BCUT2D eigenvalue weighted by Crippen LogP contribution is 2.33. The predicted octanol–water partition coefficient (Wildman–Crippen LogP) is 3.23. The van der Waals surface area contributed by atoms with Crippen molar-refractivity contribution in [2.45, 2.75) is 72.5 Å². The zero-order chi connectivity index (χ0) is 13.5. The number of rotatable bonds is 2. The fourth-order valence-corrected chi connectivity index (χ4v) is 3.60. The fourth-order valence-electron chi connectivity index (χ4n) is 3.60. The molecule has 0 bridgehead atoms. The molecular formula is C16H32N2.